The molecule has 1 saturated heterocycles. The van der Waals surface area contributed by atoms with Crippen LogP contribution >= 0.6 is 0 Å². The maximum absolute atomic E-state index is 12.4. The number of carbonyl (C=O) groups excluding carboxylic acids is 2. The molecule has 0 aliphatic carbocycles. The molecule has 0 bridgehead atoms. The van der Waals surface area contributed by atoms with Gasteiger partial charge in [0, 0.05) is 25.1 Å². The van der Waals surface area contributed by atoms with Crippen molar-refractivity contribution in [2.45, 2.75) is 39.3 Å². The zero-order valence-corrected chi connectivity index (χ0v) is 15.9. The number of rotatable bonds is 7. The fourth-order valence-electron chi connectivity index (χ4n) is 3.06. The molecule has 2 amide bonds. The predicted octanol–water partition coefficient (Wildman–Crippen LogP) is 3.31. The molecule has 0 saturated carbocycles. The first-order valence-corrected chi connectivity index (χ1v) is 9.38. The third-order valence-corrected chi connectivity index (χ3v) is 4.66. The minimum absolute atomic E-state index is 0.110. The van der Waals surface area contributed by atoms with Crippen LogP contribution in [-0.4, -0.2) is 35.9 Å². The monoisotopic (exact) mass is 366 g/mol. The smallest absolute Gasteiger partial charge is 0.251 e. The van der Waals surface area contributed by atoms with E-state index in [-0.39, 0.29) is 17.9 Å². The number of amides is 2. The number of hydrogen-bond donors (Lipinski definition) is 1. The lowest BCUT2D eigenvalue weighted by atomic mass is 10.1. The van der Waals surface area contributed by atoms with Crippen molar-refractivity contribution in [3.05, 3.63) is 65.2 Å². The summed E-state index contributed by atoms with van der Waals surface area (Å²) in [6.45, 7) is 5.78. The SMILES string of the molecule is Cc1ccc(OC[C@@H](C)NC(=O)c2ccc(CN3CCCC3=O)cc2)cc1. The number of carbonyl (C=O) groups is 2. The molecule has 1 N–H and O–H groups in total. The molecule has 0 aromatic heterocycles. The zero-order chi connectivity index (χ0) is 19.2. The Labute approximate surface area is 160 Å². The van der Waals surface area contributed by atoms with Gasteiger partial charge in [-0.25, -0.2) is 0 Å². The molecule has 1 aliphatic rings. The van der Waals surface area contributed by atoms with E-state index in [1.165, 1.54) is 5.56 Å². The molecule has 5 heteroatoms. The number of aryl methyl sites for hydroxylation is 1. The number of likely N-dealkylation sites (tertiary alicyclic amines) is 1. The van der Waals surface area contributed by atoms with Crippen molar-refractivity contribution in [2.75, 3.05) is 13.2 Å². The van der Waals surface area contributed by atoms with Gasteiger partial charge in [0.2, 0.25) is 5.91 Å². The van der Waals surface area contributed by atoms with Crippen LogP contribution in [0.1, 0.15) is 41.3 Å². The van der Waals surface area contributed by atoms with Gasteiger partial charge in [-0.2, -0.15) is 0 Å². The van der Waals surface area contributed by atoms with Crippen LogP contribution in [-0.2, 0) is 11.3 Å². The molecule has 2 aromatic carbocycles. The summed E-state index contributed by atoms with van der Waals surface area (Å²) in [7, 11) is 0. The van der Waals surface area contributed by atoms with Gasteiger partial charge < -0.3 is 15.0 Å². The molecule has 1 fully saturated rings. The highest BCUT2D eigenvalue weighted by molar-refractivity contribution is 5.94. The molecule has 1 heterocycles. The summed E-state index contributed by atoms with van der Waals surface area (Å²) < 4.78 is 5.71. The van der Waals surface area contributed by atoms with Crippen LogP contribution in [0, 0.1) is 6.92 Å². The number of nitrogens with one attached hydrogen (secondary N) is 1. The van der Waals surface area contributed by atoms with E-state index >= 15 is 0 Å². The normalized spacial score (nSPS) is 14.9. The van der Waals surface area contributed by atoms with Gasteiger partial charge in [0.05, 0.1) is 6.04 Å². The first-order valence-electron chi connectivity index (χ1n) is 9.38. The van der Waals surface area contributed by atoms with Gasteiger partial charge >= 0.3 is 0 Å². The van der Waals surface area contributed by atoms with Crippen LogP contribution in [0.2, 0.25) is 0 Å². The third-order valence-electron chi connectivity index (χ3n) is 4.66. The predicted molar refractivity (Wildman–Crippen MR) is 105 cm³/mol. The van der Waals surface area contributed by atoms with Crippen molar-refractivity contribution in [1.82, 2.24) is 10.2 Å². The molecule has 142 valence electrons. The molecule has 27 heavy (non-hydrogen) atoms. The maximum Gasteiger partial charge on any atom is 0.251 e. The molecular weight excluding hydrogens is 340 g/mol. The number of hydrogen-bond acceptors (Lipinski definition) is 3. The maximum atomic E-state index is 12.4. The summed E-state index contributed by atoms with van der Waals surface area (Å²) in [5, 5.41) is 2.95. The average molecular weight is 366 g/mol. The molecular formula is C22H26N2O3. The summed E-state index contributed by atoms with van der Waals surface area (Å²) in [6, 6.07) is 15.2. The summed E-state index contributed by atoms with van der Waals surface area (Å²) >= 11 is 0. The van der Waals surface area contributed by atoms with Crippen molar-refractivity contribution in [3.63, 3.8) is 0 Å². The highest BCUT2D eigenvalue weighted by Crippen LogP contribution is 2.15. The Morgan fingerprint density at radius 1 is 1.15 bits per heavy atom. The van der Waals surface area contributed by atoms with Gasteiger partial charge in [0.1, 0.15) is 12.4 Å². The summed E-state index contributed by atoms with van der Waals surface area (Å²) in [5.41, 5.74) is 2.83. The van der Waals surface area contributed by atoms with Crippen molar-refractivity contribution < 1.29 is 14.3 Å². The first kappa shape index (κ1) is 19.0. The highest BCUT2D eigenvalue weighted by atomic mass is 16.5. The van der Waals surface area contributed by atoms with Crippen LogP contribution in [0.25, 0.3) is 0 Å². The van der Waals surface area contributed by atoms with Gasteiger partial charge in [-0.3, -0.25) is 9.59 Å². The standard InChI is InChI=1S/C22H26N2O3/c1-16-5-11-20(12-6-16)27-15-17(2)23-22(26)19-9-7-18(8-10-19)14-24-13-3-4-21(24)25/h5-12,17H,3-4,13-15H2,1-2H3,(H,23,26)/t17-/m1/s1. The first-order chi connectivity index (χ1) is 13.0. The zero-order valence-electron chi connectivity index (χ0n) is 15.9. The molecule has 3 rings (SSSR count). The molecule has 1 aliphatic heterocycles. The van der Waals surface area contributed by atoms with Crippen molar-refractivity contribution in [1.29, 1.82) is 0 Å². The Bertz CT molecular complexity index is 784. The van der Waals surface area contributed by atoms with Crippen molar-refractivity contribution in [2.24, 2.45) is 0 Å². The van der Waals surface area contributed by atoms with E-state index in [0.717, 1.165) is 24.3 Å². The fraction of sp³-hybridized carbons (Fsp3) is 0.364. The molecule has 0 unspecified atom stereocenters. The molecule has 5 nitrogen and oxygen atoms in total. The van der Waals surface area contributed by atoms with Gasteiger partial charge in [-0.05, 0) is 50.1 Å². The van der Waals surface area contributed by atoms with E-state index in [4.69, 9.17) is 4.74 Å². The van der Waals surface area contributed by atoms with Crippen LogP contribution in [0.3, 0.4) is 0 Å². The second kappa shape index (κ2) is 8.71. The van der Waals surface area contributed by atoms with Crippen LogP contribution in [0.5, 0.6) is 5.75 Å². The summed E-state index contributed by atoms with van der Waals surface area (Å²) in [6.07, 6.45) is 1.57. The van der Waals surface area contributed by atoms with Crippen LogP contribution < -0.4 is 10.1 Å². The van der Waals surface area contributed by atoms with E-state index < -0.39 is 0 Å². The Morgan fingerprint density at radius 2 is 1.85 bits per heavy atom. The molecule has 2 aromatic rings. The van der Waals surface area contributed by atoms with E-state index in [1.54, 1.807) is 12.1 Å². The summed E-state index contributed by atoms with van der Waals surface area (Å²) in [4.78, 5) is 26.0. The Morgan fingerprint density at radius 3 is 2.48 bits per heavy atom. The van der Waals surface area contributed by atoms with Gasteiger partial charge in [0.25, 0.3) is 5.91 Å². The number of nitrogens with zero attached hydrogens (tertiary/aromatic N) is 1. The van der Waals surface area contributed by atoms with Crippen molar-refractivity contribution >= 4 is 11.8 Å². The molecule has 1 atom stereocenters. The van der Waals surface area contributed by atoms with E-state index in [0.29, 0.717) is 25.1 Å². The van der Waals surface area contributed by atoms with E-state index in [9.17, 15) is 9.59 Å². The van der Waals surface area contributed by atoms with Crippen molar-refractivity contribution in [3.8, 4) is 5.75 Å². The molecule has 0 radical (unpaired) electrons. The number of ether oxygens (including phenoxy) is 1. The van der Waals surface area contributed by atoms with Gasteiger partial charge in [-0.1, -0.05) is 29.8 Å². The quantitative estimate of drug-likeness (QED) is 0.818. The number of benzene rings is 2. The van der Waals surface area contributed by atoms with Crippen LogP contribution in [0.15, 0.2) is 48.5 Å². The second-order valence-corrected chi connectivity index (χ2v) is 7.11. The lowest BCUT2D eigenvalue weighted by Crippen LogP contribution is -2.36. The largest absolute Gasteiger partial charge is 0.491 e. The van der Waals surface area contributed by atoms with E-state index in [2.05, 4.69) is 5.32 Å². The Hall–Kier alpha value is -2.82. The third kappa shape index (κ3) is 5.33. The van der Waals surface area contributed by atoms with Gasteiger partial charge in [-0.15, -0.1) is 0 Å². The highest BCUT2D eigenvalue weighted by Gasteiger charge is 2.20. The fourth-order valence-corrected chi connectivity index (χ4v) is 3.06. The van der Waals surface area contributed by atoms with Crippen LogP contribution in [0.4, 0.5) is 0 Å². The minimum Gasteiger partial charge on any atom is -0.491 e. The summed E-state index contributed by atoms with van der Waals surface area (Å²) in [5.74, 6) is 0.875. The Balaban J connectivity index is 1.48. The second-order valence-electron chi connectivity index (χ2n) is 7.11. The Kier molecular flexibility index (Phi) is 6.12. The van der Waals surface area contributed by atoms with Gasteiger partial charge in [0.15, 0.2) is 0 Å². The topological polar surface area (TPSA) is 58.6 Å². The minimum atomic E-state index is -0.126. The lowest BCUT2D eigenvalue weighted by molar-refractivity contribution is -0.128. The lowest BCUT2D eigenvalue weighted by Gasteiger charge is -2.17. The van der Waals surface area contributed by atoms with E-state index in [1.807, 2.05) is 55.1 Å². The average Bonchev–Trinajstić information content (AvgIpc) is 3.06. The molecule has 0 spiro atoms.